The lowest BCUT2D eigenvalue weighted by Crippen LogP contribution is -2.23. The van der Waals surface area contributed by atoms with Crippen molar-refractivity contribution in [1.29, 1.82) is 0 Å². The standard InChI is InChI=1S/C16H17F3N4O3/c1-10-6-12(7-13(20)23-10)15(24)22-9-11-2-3-14(21-8-11)25-4-5-26-16(17,18)19/h2-3,6-8H,4-5,9H2,1H3,(H2,20,23)(H,22,24). The fraction of sp³-hybridized carbons (Fsp3) is 0.312. The Morgan fingerprint density at radius 1 is 1.27 bits per heavy atom. The first kappa shape index (κ1) is 19.4. The van der Waals surface area contributed by atoms with E-state index in [0.29, 0.717) is 16.8 Å². The summed E-state index contributed by atoms with van der Waals surface area (Å²) in [4.78, 5) is 20.0. The Morgan fingerprint density at radius 2 is 2.04 bits per heavy atom. The molecule has 3 N–H and O–H groups in total. The van der Waals surface area contributed by atoms with Gasteiger partial charge in [0, 0.05) is 30.1 Å². The summed E-state index contributed by atoms with van der Waals surface area (Å²) >= 11 is 0. The van der Waals surface area contributed by atoms with Crippen LogP contribution in [-0.2, 0) is 11.3 Å². The lowest BCUT2D eigenvalue weighted by molar-refractivity contribution is -0.325. The van der Waals surface area contributed by atoms with Crippen LogP contribution in [0, 0.1) is 6.92 Å². The van der Waals surface area contributed by atoms with Gasteiger partial charge in [0.25, 0.3) is 5.91 Å². The van der Waals surface area contributed by atoms with Gasteiger partial charge in [-0.1, -0.05) is 6.07 Å². The predicted octanol–water partition coefficient (Wildman–Crippen LogP) is 2.21. The average molecular weight is 370 g/mol. The smallest absolute Gasteiger partial charge is 0.475 e. The Balaban J connectivity index is 1.80. The van der Waals surface area contributed by atoms with Gasteiger partial charge in [-0.25, -0.2) is 9.97 Å². The minimum Gasteiger partial charge on any atom is -0.475 e. The zero-order valence-corrected chi connectivity index (χ0v) is 13.8. The highest BCUT2D eigenvalue weighted by atomic mass is 19.4. The number of anilines is 1. The number of aryl methyl sites for hydroxylation is 1. The Labute approximate surface area is 147 Å². The summed E-state index contributed by atoms with van der Waals surface area (Å²) < 4.78 is 44.1. The predicted molar refractivity (Wildman–Crippen MR) is 86.3 cm³/mol. The van der Waals surface area contributed by atoms with Crippen molar-refractivity contribution in [2.75, 3.05) is 18.9 Å². The average Bonchev–Trinajstić information content (AvgIpc) is 2.56. The van der Waals surface area contributed by atoms with Gasteiger partial charge in [0.05, 0.1) is 6.61 Å². The number of nitrogens with zero attached hydrogens (tertiary/aromatic N) is 2. The number of nitrogens with two attached hydrogens (primary N) is 1. The summed E-state index contributed by atoms with van der Waals surface area (Å²) in [6.45, 7) is 1.03. The molecule has 0 unspecified atom stereocenters. The van der Waals surface area contributed by atoms with Crippen molar-refractivity contribution in [1.82, 2.24) is 15.3 Å². The monoisotopic (exact) mass is 370 g/mol. The van der Waals surface area contributed by atoms with Crippen LogP contribution in [-0.4, -0.2) is 35.5 Å². The molecule has 2 heterocycles. The molecule has 0 fully saturated rings. The first-order valence-corrected chi connectivity index (χ1v) is 7.54. The van der Waals surface area contributed by atoms with Gasteiger partial charge >= 0.3 is 6.36 Å². The molecule has 2 rings (SSSR count). The molecule has 7 nitrogen and oxygen atoms in total. The normalized spacial score (nSPS) is 11.2. The zero-order chi connectivity index (χ0) is 19.2. The maximum absolute atomic E-state index is 12.1. The molecule has 0 radical (unpaired) electrons. The molecule has 2 aromatic heterocycles. The number of halogens is 3. The maximum atomic E-state index is 12.1. The number of hydrogen-bond donors (Lipinski definition) is 2. The molecule has 0 saturated heterocycles. The van der Waals surface area contributed by atoms with Gasteiger partial charge in [-0.2, -0.15) is 0 Å². The maximum Gasteiger partial charge on any atom is 0.522 e. The summed E-state index contributed by atoms with van der Waals surface area (Å²) in [6.07, 6.45) is -3.23. The minimum absolute atomic E-state index is 0.156. The molecule has 0 aliphatic rings. The molecule has 0 atom stereocenters. The Kier molecular flexibility index (Phi) is 6.34. The third-order valence-electron chi connectivity index (χ3n) is 3.09. The molecule has 140 valence electrons. The van der Waals surface area contributed by atoms with Crippen LogP contribution in [0.1, 0.15) is 21.6 Å². The van der Waals surface area contributed by atoms with Crippen LogP contribution < -0.4 is 15.8 Å². The summed E-state index contributed by atoms with van der Waals surface area (Å²) in [7, 11) is 0. The number of nitrogen functional groups attached to an aromatic ring is 1. The number of rotatable bonds is 7. The number of alkyl halides is 3. The van der Waals surface area contributed by atoms with Gasteiger partial charge in [-0.05, 0) is 24.6 Å². The van der Waals surface area contributed by atoms with Crippen LogP contribution in [0.4, 0.5) is 19.0 Å². The number of hydrogen-bond acceptors (Lipinski definition) is 6. The second kappa shape index (κ2) is 8.48. The number of pyridine rings is 2. The van der Waals surface area contributed by atoms with E-state index in [0.717, 1.165) is 0 Å². The number of carbonyl (C=O) groups excluding carboxylic acids is 1. The van der Waals surface area contributed by atoms with Crippen LogP contribution in [0.25, 0.3) is 0 Å². The van der Waals surface area contributed by atoms with E-state index in [4.69, 9.17) is 10.5 Å². The molecule has 0 aliphatic carbocycles. The highest BCUT2D eigenvalue weighted by molar-refractivity contribution is 5.94. The first-order valence-electron chi connectivity index (χ1n) is 7.54. The van der Waals surface area contributed by atoms with E-state index >= 15 is 0 Å². The first-order chi connectivity index (χ1) is 12.2. The van der Waals surface area contributed by atoms with E-state index < -0.39 is 13.0 Å². The van der Waals surface area contributed by atoms with Gasteiger partial charge in [0.2, 0.25) is 5.88 Å². The molecule has 1 amide bonds. The summed E-state index contributed by atoms with van der Waals surface area (Å²) in [5.74, 6) is 0.100. The summed E-state index contributed by atoms with van der Waals surface area (Å²) in [5, 5.41) is 2.71. The van der Waals surface area contributed by atoms with E-state index in [-0.39, 0.29) is 30.8 Å². The van der Waals surface area contributed by atoms with Crippen LogP contribution >= 0.6 is 0 Å². The molecule has 0 aliphatic heterocycles. The second-order valence-corrected chi connectivity index (χ2v) is 5.25. The van der Waals surface area contributed by atoms with Crippen molar-refractivity contribution >= 4 is 11.7 Å². The zero-order valence-electron chi connectivity index (χ0n) is 13.8. The van der Waals surface area contributed by atoms with E-state index in [1.165, 1.54) is 18.3 Å². The van der Waals surface area contributed by atoms with E-state index in [2.05, 4.69) is 20.0 Å². The van der Waals surface area contributed by atoms with Crippen LogP contribution in [0.5, 0.6) is 5.88 Å². The van der Waals surface area contributed by atoms with Crippen LogP contribution in [0.15, 0.2) is 30.5 Å². The van der Waals surface area contributed by atoms with E-state index in [1.54, 1.807) is 19.1 Å². The van der Waals surface area contributed by atoms with Crippen molar-refractivity contribution in [3.05, 3.63) is 47.3 Å². The lowest BCUT2D eigenvalue weighted by Gasteiger charge is -2.09. The lowest BCUT2D eigenvalue weighted by atomic mass is 10.2. The van der Waals surface area contributed by atoms with Crippen molar-refractivity contribution < 1.29 is 27.4 Å². The minimum atomic E-state index is -4.68. The Bertz CT molecular complexity index is 731. The molecule has 0 saturated carbocycles. The fourth-order valence-corrected chi connectivity index (χ4v) is 2.01. The van der Waals surface area contributed by atoms with Crippen LogP contribution in [0.2, 0.25) is 0 Å². The number of nitrogens with one attached hydrogen (secondary N) is 1. The largest absolute Gasteiger partial charge is 0.522 e. The second-order valence-electron chi connectivity index (χ2n) is 5.25. The topological polar surface area (TPSA) is 99.4 Å². The van der Waals surface area contributed by atoms with Crippen molar-refractivity contribution in [2.45, 2.75) is 19.8 Å². The Hall–Kier alpha value is -2.88. The number of aromatic nitrogens is 2. The third kappa shape index (κ3) is 6.55. The summed E-state index contributed by atoms with van der Waals surface area (Å²) in [5.41, 5.74) is 7.33. The van der Waals surface area contributed by atoms with E-state index in [1.807, 2.05) is 0 Å². The van der Waals surface area contributed by atoms with Gasteiger partial charge in [-0.15, -0.1) is 13.2 Å². The molecule has 0 spiro atoms. The number of ether oxygens (including phenoxy) is 2. The molecule has 10 heteroatoms. The number of carbonyl (C=O) groups is 1. The van der Waals surface area contributed by atoms with Crippen LogP contribution in [0.3, 0.4) is 0 Å². The molecular weight excluding hydrogens is 353 g/mol. The van der Waals surface area contributed by atoms with Gasteiger partial charge < -0.3 is 15.8 Å². The molecule has 0 aromatic carbocycles. The SMILES string of the molecule is Cc1cc(C(=O)NCc2ccc(OCCOC(F)(F)F)nc2)cc(N)n1. The third-order valence-corrected chi connectivity index (χ3v) is 3.09. The van der Waals surface area contributed by atoms with E-state index in [9.17, 15) is 18.0 Å². The van der Waals surface area contributed by atoms with Crippen molar-refractivity contribution in [3.63, 3.8) is 0 Å². The molecule has 0 bridgehead atoms. The van der Waals surface area contributed by atoms with Crippen molar-refractivity contribution in [3.8, 4) is 5.88 Å². The van der Waals surface area contributed by atoms with Gasteiger partial charge in [-0.3, -0.25) is 9.53 Å². The molecule has 26 heavy (non-hydrogen) atoms. The highest BCUT2D eigenvalue weighted by Crippen LogP contribution is 2.16. The quantitative estimate of drug-likeness (QED) is 0.725. The van der Waals surface area contributed by atoms with Gasteiger partial charge in [0.15, 0.2) is 0 Å². The highest BCUT2D eigenvalue weighted by Gasteiger charge is 2.28. The number of amides is 1. The Morgan fingerprint density at radius 3 is 2.65 bits per heavy atom. The fourth-order valence-electron chi connectivity index (χ4n) is 2.01. The van der Waals surface area contributed by atoms with Crippen molar-refractivity contribution in [2.24, 2.45) is 0 Å². The molecule has 2 aromatic rings. The van der Waals surface area contributed by atoms with Gasteiger partial charge in [0.1, 0.15) is 12.4 Å². The summed E-state index contributed by atoms with van der Waals surface area (Å²) in [6, 6.07) is 6.22. The molecular formula is C16H17F3N4O3.